The number of rotatable bonds is 10. The summed E-state index contributed by atoms with van der Waals surface area (Å²) in [5.41, 5.74) is 2.49. The topological polar surface area (TPSA) is 86.8 Å². The fourth-order valence-corrected chi connectivity index (χ4v) is 5.39. The number of benzene rings is 3. The van der Waals surface area contributed by atoms with Crippen molar-refractivity contribution >= 4 is 50.7 Å². The number of likely N-dealkylation sites (N-methyl/N-ethyl adjacent to an activating group) is 1. The third kappa shape index (κ3) is 7.71. The van der Waals surface area contributed by atoms with Gasteiger partial charge < -0.3 is 10.2 Å². The Morgan fingerprint density at radius 3 is 2.16 bits per heavy atom. The molecule has 1 atom stereocenters. The molecular formula is C27H29Cl2N3O4S. The van der Waals surface area contributed by atoms with E-state index in [1.165, 1.54) is 11.9 Å². The smallest absolute Gasteiger partial charge is 0.244 e. The van der Waals surface area contributed by atoms with Gasteiger partial charge in [-0.05, 0) is 53.9 Å². The summed E-state index contributed by atoms with van der Waals surface area (Å²) in [5.74, 6) is -0.905. The first-order valence-electron chi connectivity index (χ1n) is 11.5. The van der Waals surface area contributed by atoms with Crippen LogP contribution >= 0.6 is 23.2 Å². The third-order valence-corrected chi connectivity index (χ3v) is 7.46. The van der Waals surface area contributed by atoms with Gasteiger partial charge >= 0.3 is 0 Å². The summed E-state index contributed by atoms with van der Waals surface area (Å²) in [6.45, 7) is 1.28. The van der Waals surface area contributed by atoms with Gasteiger partial charge in [0, 0.05) is 30.1 Å². The molecule has 0 heterocycles. The maximum Gasteiger partial charge on any atom is 0.244 e. The van der Waals surface area contributed by atoms with Crippen LogP contribution in [0.3, 0.4) is 0 Å². The van der Waals surface area contributed by atoms with Crippen molar-refractivity contribution in [1.29, 1.82) is 0 Å². The Balaban J connectivity index is 2.05. The molecule has 0 bridgehead atoms. The van der Waals surface area contributed by atoms with Gasteiger partial charge in [0.15, 0.2) is 0 Å². The van der Waals surface area contributed by atoms with Crippen LogP contribution in [0.25, 0.3) is 0 Å². The summed E-state index contributed by atoms with van der Waals surface area (Å²) in [5, 5.41) is 3.58. The van der Waals surface area contributed by atoms with E-state index in [-0.39, 0.29) is 18.9 Å². The second-order valence-corrected chi connectivity index (χ2v) is 11.5. The van der Waals surface area contributed by atoms with Crippen molar-refractivity contribution in [2.45, 2.75) is 25.9 Å². The van der Waals surface area contributed by atoms with Crippen molar-refractivity contribution < 1.29 is 18.0 Å². The van der Waals surface area contributed by atoms with Gasteiger partial charge in [-0.3, -0.25) is 13.9 Å². The Morgan fingerprint density at radius 2 is 1.57 bits per heavy atom. The number of carbonyl (C=O) groups is 2. The molecule has 0 aliphatic carbocycles. The molecule has 0 saturated carbocycles. The summed E-state index contributed by atoms with van der Waals surface area (Å²) >= 11 is 12.2. The van der Waals surface area contributed by atoms with Crippen LogP contribution in [-0.2, 0) is 32.6 Å². The average molecular weight is 563 g/mol. The van der Waals surface area contributed by atoms with Crippen molar-refractivity contribution in [3.8, 4) is 0 Å². The van der Waals surface area contributed by atoms with Crippen LogP contribution in [0.2, 0.25) is 10.0 Å². The predicted octanol–water partition coefficient (Wildman–Crippen LogP) is 4.45. The highest BCUT2D eigenvalue weighted by atomic mass is 35.5. The summed E-state index contributed by atoms with van der Waals surface area (Å²) < 4.78 is 26.7. The molecule has 37 heavy (non-hydrogen) atoms. The molecular weight excluding hydrogens is 533 g/mol. The van der Waals surface area contributed by atoms with Crippen LogP contribution in [0, 0.1) is 6.92 Å². The van der Waals surface area contributed by atoms with Crippen LogP contribution in [0.15, 0.2) is 72.8 Å². The van der Waals surface area contributed by atoms with Crippen molar-refractivity contribution in [3.63, 3.8) is 0 Å². The molecule has 196 valence electrons. The standard InChI is InChI=1S/C27H29Cl2N3O4S/c1-19-14-23(29)12-13-24(19)32(37(3,35)36)18-26(33)31(17-21-10-7-11-22(28)15-21)25(27(34)30-2)16-20-8-5-4-6-9-20/h4-15,25H,16-18H2,1-3H3,(H,30,34)/t25-/m1/s1. The first-order chi connectivity index (χ1) is 17.5. The number of hydrogen-bond donors (Lipinski definition) is 1. The van der Waals surface area contributed by atoms with Gasteiger partial charge in [-0.15, -0.1) is 0 Å². The van der Waals surface area contributed by atoms with Gasteiger partial charge in [0.05, 0.1) is 11.9 Å². The molecule has 0 unspecified atom stereocenters. The Hall–Kier alpha value is -3.07. The molecule has 3 aromatic carbocycles. The molecule has 0 aromatic heterocycles. The van der Waals surface area contributed by atoms with Crippen LogP contribution < -0.4 is 9.62 Å². The number of nitrogens with one attached hydrogen (secondary N) is 1. The summed E-state index contributed by atoms with van der Waals surface area (Å²) in [6, 6.07) is 20.2. The molecule has 2 amide bonds. The number of amides is 2. The lowest BCUT2D eigenvalue weighted by Gasteiger charge is -2.33. The van der Waals surface area contributed by atoms with E-state index >= 15 is 0 Å². The lowest BCUT2D eigenvalue weighted by molar-refractivity contribution is -0.139. The average Bonchev–Trinajstić information content (AvgIpc) is 2.84. The Bertz CT molecular complexity index is 1370. The number of sulfonamides is 1. The quantitative estimate of drug-likeness (QED) is 0.396. The van der Waals surface area contributed by atoms with Crippen molar-refractivity contribution in [3.05, 3.63) is 99.5 Å². The molecule has 3 rings (SSSR count). The second-order valence-electron chi connectivity index (χ2n) is 8.67. The first-order valence-corrected chi connectivity index (χ1v) is 14.1. The molecule has 0 aliphatic rings. The predicted molar refractivity (Wildman–Crippen MR) is 148 cm³/mol. The Kier molecular flexibility index (Phi) is 9.59. The zero-order valence-corrected chi connectivity index (χ0v) is 23.1. The minimum atomic E-state index is -3.85. The summed E-state index contributed by atoms with van der Waals surface area (Å²) in [6.07, 6.45) is 1.28. The van der Waals surface area contributed by atoms with E-state index in [1.54, 1.807) is 49.4 Å². The minimum Gasteiger partial charge on any atom is -0.357 e. The van der Waals surface area contributed by atoms with E-state index in [1.807, 2.05) is 30.3 Å². The van der Waals surface area contributed by atoms with E-state index in [0.717, 1.165) is 16.1 Å². The second kappa shape index (κ2) is 12.4. The van der Waals surface area contributed by atoms with Crippen molar-refractivity contribution in [2.75, 3.05) is 24.2 Å². The van der Waals surface area contributed by atoms with Crippen molar-refractivity contribution in [1.82, 2.24) is 10.2 Å². The zero-order valence-electron chi connectivity index (χ0n) is 20.8. The van der Waals surface area contributed by atoms with E-state index < -0.39 is 28.5 Å². The number of aryl methyl sites for hydroxylation is 1. The number of hydrogen-bond acceptors (Lipinski definition) is 4. The molecule has 1 N–H and O–H groups in total. The Labute approximate surface area is 228 Å². The molecule has 0 saturated heterocycles. The minimum absolute atomic E-state index is 0.0571. The highest BCUT2D eigenvalue weighted by molar-refractivity contribution is 7.92. The molecule has 0 radical (unpaired) electrons. The lowest BCUT2D eigenvalue weighted by atomic mass is 10.0. The van der Waals surface area contributed by atoms with Crippen LogP contribution in [0.5, 0.6) is 0 Å². The van der Waals surface area contributed by atoms with Gasteiger partial charge in [0.25, 0.3) is 0 Å². The highest BCUT2D eigenvalue weighted by Crippen LogP contribution is 2.26. The molecule has 0 aliphatic heterocycles. The van der Waals surface area contributed by atoms with Crippen LogP contribution in [0.4, 0.5) is 5.69 Å². The number of carbonyl (C=O) groups excluding carboxylic acids is 2. The number of anilines is 1. The normalized spacial score (nSPS) is 12.0. The maximum absolute atomic E-state index is 13.9. The molecule has 7 nitrogen and oxygen atoms in total. The monoisotopic (exact) mass is 561 g/mol. The molecule has 0 spiro atoms. The SMILES string of the molecule is CNC(=O)[C@@H](Cc1ccccc1)N(Cc1cccc(Cl)c1)C(=O)CN(c1ccc(Cl)cc1C)S(C)(=O)=O. The lowest BCUT2D eigenvalue weighted by Crippen LogP contribution is -2.53. The van der Waals surface area contributed by atoms with Gasteiger partial charge in [-0.1, -0.05) is 65.7 Å². The van der Waals surface area contributed by atoms with Gasteiger partial charge in [-0.25, -0.2) is 8.42 Å². The van der Waals surface area contributed by atoms with Gasteiger partial charge in [0.1, 0.15) is 12.6 Å². The Morgan fingerprint density at radius 1 is 0.919 bits per heavy atom. The highest BCUT2D eigenvalue weighted by Gasteiger charge is 2.33. The zero-order chi connectivity index (χ0) is 27.2. The summed E-state index contributed by atoms with van der Waals surface area (Å²) in [4.78, 5) is 28.4. The van der Waals surface area contributed by atoms with Gasteiger partial charge in [-0.2, -0.15) is 0 Å². The fraction of sp³-hybridized carbons (Fsp3) is 0.259. The van der Waals surface area contributed by atoms with Gasteiger partial charge in [0.2, 0.25) is 21.8 Å². The van der Waals surface area contributed by atoms with E-state index in [2.05, 4.69) is 5.32 Å². The van der Waals surface area contributed by atoms with Crippen LogP contribution in [-0.4, -0.2) is 51.0 Å². The fourth-order valence-electron chi connectivity index (χ4n) is 4.05. The number of nitrogens with zero attached hydrogens (tertiary/aromatic N) is 2. The largest absolute Gasteiger partial charge is 0.357 e. The molecule has 10 heteroatoms. The van der Waals surface area contributed by atoms with Crippen molar-refractivity contribution in [2.24, 2.45) is 0 Å². The summed E-state index contributed by atoms with van der Waals surface area (Å²) in [7, 11) is -2.35. The molecule has 3 aromatic rings. The number of halogens is 2. The van der Waals surface area contributed by atoms with E-state index in [0.29, 0.717) is 26.9 Å². The first kappa shape index (κ1) is 28.5. The molecule has 0 fully saturated rings. The van der Waals surface area contributed by atoms with E-state index in [4.69, 9.17) is 23.2 Å². The van der Waals surface area contributed by atoms with Crippen LogP contribution in [0.1, 0.15) is 16.7 Å². The third-order valence-electron chi connectivity index (χ3n) is 5.87. The maximum atomic E-state index is 13.9. The van der Waals surface area contributed by atoms with E-state index in [9.17, 15) is 18.0 Å².